The van der Waals surface area contributed by atoms with Crippen LogP contribution in [0.1, 0.15) is 18.0 Å². The second-order valence-electron chi connectivity index (χ2n) is 15.3. The molecule has 3 heterocycles. The average molecular weight is 745 g/mol. The van der Waals surface area contributed by atoms with Crippen LogP contribution in [0.25, 0.3) is 97.3 Å². The Morgan fingerprint density at radius 2 is 0.965 bits per heavy atom. The molecule has 12 rings (SSSR count). The normalized spacial score (nSPS) is 14.5. The number of para-hydroxylation sites is 3. The van der Waals surface area contributed by atoms with Gasteiger partial charge in [0.1, 0.15) is 0 Å². The molecule has 0 amide bonds. The van der Waals surface area contributed by atoms with Crippen LogP contribution in [0.5, 0.6) is 0 Å². The molecule has 0 saturated carbocycles. The van der Waals surface area contributed by atoms with Crippen molar-refractivity contribution in [3.8, 4) is 27.9 Å². The summed E-state index contributed by atoms with van der Waals surface area (Å²) in [5.41, 5.74) is 13.7. The first-order valence-corrected chi connectivity index (χ1v) is 20.6. The highest BCUT2D eigenvalue weighted by molar-refractivity contribution is 7.25. The van der Waals surface area contributed by atoms with Gasteiger partial charge in [-0.05, 0) is 113 Å². The van der Waals surface area contributed by atoms with Crippen LogP contribution in [-0.4, -0.2) is 9.13 Å². The van der Waals surface area contributed by atoms with Crippen molar-refractivity contribution >= 4 is 80.7 Å². The number of hydrogen-bond donors (Lipinski definition) is 0. The number of rotatable bonds is 5. The Bertz CT molecular complexity index is 3440. The van der Waals surface area contributed by atoms with Gasteiger partial charge in [-0.15, -0.1) is 11.3 Å². The molecule has 1 atom stereocenters. The molecular weight excluding hydrogens is 709 g/mol. The number of thiophene rings is 1. The maximum absolute atomic E-state index is 2.55. The summed E-state index contributed by atoms with van der Waals surface area (Å²) in [6.45, 7) is 0. The zero-order valence-corrected chi connectivity index (χ0v) is 32.0. The molecule has 0 fully saturated rings. The molecule has 268 valence electrons. The maximum Gasteiger partial charge on any atom is 0.0560 e. The number of fused-ring (bicyclic) bond motifs is 9. The van der Waals surface area contributed by atoms with Crippen LogP contribution < -0.4 is 0 Å². The molecule has 3 heteroatoms. The molecule has 0 bridgehead atoms. The third-order valence-electron chi connectivity index (χ3n) is 12.0. The molecule has 8 aromatic carbocycles. The first-order valence-electron chi connectivity index (χ1n) is 19.8. The quantitative estimate of drug-likeness (QED) is 0.166. The van der Waals surface area contributed by atoms with Crippen molar-refractivity contribution < 1.29 is 0 Å². The van der Waals surface area contributed by atoms with Crippen LogP contribution in [0.3, 0.4) is 0 Å². The molecule has 1 aliphatic rings. The van der Waals surface area contributed by atoms with Gasteiger partial charge in [0, 0.05) is 58.4 Å². The van der Waals surface area contributed by atoms with Gasteiger partial charge in [-0.25, -0.2) is 0 Å². The third kappa shape index (κ3) is 5.16. The predicted molar refractivity (Wildman–Crippen MR) is 245 cm³/mol. The number of allylic oxidation sites excluding steroid dienone is 4. The van der Waals surface area contributed by atoms with Gasteiger partial charge in [-0.2, -0.15) is 0 Å². The Kier molecular flexibility index (Phi) is 7.26. The SMILES string of the molecule is C1=CC(n2c3ccccc3c3cc(-c4ccc5c(c4)c4ccccc4n5-c4ccccc4)ccc32)CC=C1c1cccc(-c2ccc3sc4ccccc4c3c2)c1. The molecule has 0 aliphatic heterocycles. The first kappa shape index (κ1) is 32.3. The molecule has 0 spiro atoms. The second kappa shape index (κ2) is 12.8. The smallest absolute Gasteiger partial charge is 0.0560 e. The van der Waals surface area contributed by atoms with Gasteiger partial charge in [0.25, 0.3) is 0 Å². The van der Waals surface area contributed by atoms with Gasteiger partial charge in [0.05, 0.1) is 17.1 Å². The average Bonchev–Trinajstić information content (AvgIpc) is 3.94. The van der Waals surface area contributed by atoms with Gasteiger partial charge in [-0.3, -0.25) is 0 Å². The molecule has 2 nitrogen and oxygen atoms in total. The number of benzene rings is 8. The summed E-state index contributed by atoms with van der Waals surface area (Å²) in [5, 5.41) is 7.80. The first-order chi connectivity index (χ1) is 28.2. The van der Waals surface area contributed by atoms with Crippen molar-refractivity contribution in [3.05, 3.63) is 206 Å². The van der Waals surface area contributed by atoms with Crippen LogP contribution in [0, 0.1) is 0 Å². The van der Waals surface area contributed by atoms with Crippen molar-refractivity contribution in [3.63, 3.8) is 0 Å². The lowest BCUT2D eigenvalue weighted by Gasteiger charge is -2.21. The Morgan fingerprint density at radius 1 is 0.404 bits per heavy atom. The lowest BCUT2D eigenvalue weighted by molar-refractivity contribution is 0.649. The molecular formula is C54H36N2S. The Balaban J connectivity index is 0.887. The van der Waals surface area contributed by atoms with E-state index in [0.29, 0.717) is 0 Å². The summed E-state index contributed by atoms with van der Waals surface area (Å²) >= 11 is 1.87. The lowest BCUT2D eigenvalue weighted by atomic mass is 9.94. The van der Waals surface area contributed by atoms with Crippen molar-refractivity contribution in [2.75, 3.05) is 0 Å². The molecule has 1 aliphatic carbocycles. The van der Waals surface area contributed by atoms with Crippen molar-refractivity contribution in [2.45, 2.75) is 12.5 Å². The number of aromatic nitrogens is 2. The maximum atomic E-state index is 2.55. The predicted octanol–water partition coefficient (Wildman–Crippen LogP) is 15.2. The van der Waals surface area contributed by atoms with Gasteiger partial charge < -0.3 is 9.13 Å². The summed E-state index contributed by atoms with van der Waals surface area (Å²) in [6.07, 6.45) is 8.09. The zero-order chi connectivity index (χ0) is 37.5. The van der Waals surface area contributed by atoms with Crippen LogP contribution in [0.2, 0.25) is 0 Å². The second-order valence-corrected chi connectivity index (χ2v) is 16.3. The minimum Gasteiger partial charge on any atom is -0.333 e. The van der Waals surface area contributed by atoms with Crippen LogP contribution in [0.4, 0.5) is 0 Å². The van der Waals surface area contributed by atoms with E-state index < -0.39 is 0 Å². The Hall–Kier alpha value is -6.94. The zero-order valence-electron chi connectivity index (χ0n) is 31.1. The fourth-order valence-corrected chi connectivity index (χ4v) is 10.4. The van der Waals surface area contributed by atoms with E-state index in [4.69, 9.17) is 0 Å². The van der Waals surface area contributed by atoms with Gasteiger partial charge in [0.15, 0.2) is 0 Å². The van der Waals surface area contributed by atoms with Crippen molar-refractivity contribution in [2.24, 2.45) is 0 Å². The highest BCUT2D eigenvalue weighted by atomic mass is 32.1. The Labute approximate surface area is 334 Å². The summed E-state index contributed by atoms with van der Waals surface area (Å²) < 4.78 is 7.61. The summed E-state index contributed by atoms with van der Waals surface area (Å²) in [4.78, 5) is 0. The number of hydrogen-bond acceptors (Lipinski definition) is 1. The van der Waals surface area contributed by atoms with E-state index in [2.05, 4.69) is 209 Å². The van der Waals surface area contributed by atoms with E-state index in [-0.39, 0.29) is 6.04 Å². The minimum absolute atomic E-state index is 0.222. The fraction of sp³-hybridized carbons (Fsp3) is 0.0370. The monoisotopic (exact) mass is 744 g/mol. The van der Waals surface area contributed by atoms with E-state index in [1.807, 2.05) is 11.3 Å². The van der Waals surface area contributed by atoms with E-state index in [9.17, 15) is 0 Å². The summed E-state index contributed by atoms with van der Waals surface area (Å²) in [6, 6.07) is 67.3. The topological polar surface area (TPSA) is 9.86 Å². The van der Waals surface area contributed by atoms with Gasteiger partial charge in [-0.1, -0.05) is 127 Å². The molecule has 0 saturated heterocycles. The standard InChI is InChI=1S/C54H36N2S/c1-2-13-41(14-3-1)55-49-18-7-4-15-43(49)46-32-38(23-28-51(46)55)39-24-29-52-47(33-39)44-16-5-8-19-50(44)56(52)42-26-21-35(22-27-42)36-11-10-12-37(31-36)40-25-30-54-48(34-40)45-17-6-9-20-53(45)57-54/h1-26,28-34,42H,27H2. The molecule has 11 aromatic rings. The van der Waals surface area contributed by atoms with E-state index in [0.717, 1.165) is 6.42 Å². The number of nitrogens with zero attached hydrogens (tertiary/aromatic N) is 2. The van der Waals surface area contributed by atoms with Crippen LogP contribution >= 0.6 is 11.3 Å². The van der Waals surface area contributed by atoms with E-state index >= 15 is 0 Å². The van der Waals surface area contributed by atoms with Crippen molar-refractivity contribution in [1.29, 1.82) is 0 Å². The molecule has 1 unspecified atom stereocenters. The third-order valence-corrected chi connectivity index (χ3v) is 13.2. The Morgan fingerprint density at radius 3 is 1.75 bits per heavy atom. The summed E-state index contributed by atoms with van der Waals surface area (Å²) in [7, 11) is 0. The summed E-state index contributed by atoms with van der Waals surface area (Å²) in [5.74, 6) is 0. The molecule has 57 heavy (non-hydrogen) atoms. The minimum atomic E-state index is 0.222. The van der Waals surface area contributed by atoms with Crippen molar-refractivity contribution in [1.82, 2.24) is 9.13 Å². The largest absolute Gasteiger partial charge is 0.333 e. The van der Waals surface area contributed by atoms with E-state index in [1.54, 1.807) is 0 Å². The van der Waals surface area contributed by atoms with Gasteiger partial charge >= 0.3 is 0 Å². The van der Waals surface area contributed by atoms with Crippen LogP contribution in [-0.2, 0) is 0 Å². The highest BCUT2D eigenvalue weighted by Crippen LogP contribution is 2.41. The highest BCUT2D eigenvalue weighted by Gasteiger charge is 2.20. The molecule has 3 aromatic heterocycles. The fourth-order valence-electron chi connectivity index (χ4n) is 9.35. The lowest BCUT2D eigenvalue weighted by Crippen LogP contribution is -2.08. The van der Waals surface area contributed by atoms with Crippen LogP contribution in [0.15, 0.2) is 200 Å². The van der Waals surface area contributed by atoms with E-state index in [1.165, 1.54) is 103 Å². The van der Waals surface area contributed by atoms with Gasteiger partial charge in [0.2, 0.25) is 0 Å². The molecule has 0 N–H and O–H groups in total. The molecule has 0 radical (unpaired) electrons.